The molecule has 1 saturated heterocycles. The smallest absolute Gasteiger partial charge is 0.253 e. The summed E-state index contributed by atoms with van der Waals surface area (Å²) < 4.78 is 12.9. The molecule has 6 rings (SSSR count). The van der Waals surface area contributed by atoms with E-state index in [1.54, 1.807) is 0 Å². The molecule has 1 atom stereocenters. The number of aryl methyl sites for hydroxylation is 2. The molecule has 2 aromatic heterocycles. The van der Waals surface area contributed by atoms with Crippen molar-refractivity contribution in [2.24, 2.45) is 0 Å². The zero-order chi connectivity index (χ0) is 27.3. The van der Waals surface area contributed by atoms with Gasteiger partial charge in [-0.3, -0.25) is 14.6 Å². The van der Waals surface area contributed by atoms with Gasteiger partial charge < -0.3 is 14.5 Å². The summed E-state index contributed by atoms with van der Waals surface area (Å²) in [5.74, 6) is 2.29. The summed E-state index contributed by atoms with van der Waals surface area (Å²) >= 11 is 0. The van der Waals surface area contributed by atoms with Gasteiger partial charge in [0.2, 0.25) is 6.79 Å². The van der Waals surface area contributed by atoms with E-state index >= 15 is 0 Å². The zero-order valence-corrected chi connectivity index (χ0v) is 23.2. The lowest BCUT2D eigenvalue weighted by Crippen LogP contribution is -2.49. The number of nitrogens with zero attached hydrogens (tertiary/aromatic N) is 6. The maximum atomic E-state index is 13.6. The number of benzene rings is 2. The van der Waals surface area contributed by atoms with E-state index in [-0.39, 0.29) is 23.9 Å². The lowest BCUT2D eigenvalue weighted by atomic mass is 9.99. The Morgan fingerprint density at radius 1 is 1.00 bits per heavy atom. The van der Waals surface area contributed by atoms with Gasteiger partial charge in [0.1, 0.15) is 6.04 Å². The first-order valence-corrected chi connectivity index (χ1v) is 13.5. The molecule has 10 nitrogen and oxygen atoms in total. The monoisotopic (exact) mass is 529 g/mol. The van der Waals surface area contributed by atoms with Gasteiger partial charge in [0.05, 0.1) is 11.1 Å². The van der Waals surface area contributed by atoms with Crippen LogP contribution in [0.15, 0.2) is 41.2 Å². The van der Waals surface area contributed by atoms with E-state index in [4.69, 9.17) is 9.47 Å². The van der Waals surface area contributed by atoms with Gasteiger partial charge in [0, 0.05) is 38.3 Å². The molecule has 0 spiro atoms. The average molecular weight is 530 g/mol. The van der Waals surface area contributed by atoms with E-state index in [9.17, 15) is 4.79 Å². The molecule has 204 valence electrons. The van der Waals surface area contributed by atoms with Crippen LogP contribution in [-0.4, -0.2) is 68.0 Å². The van der Waals surface area contributed by atoms with Crippen LogP contribution in [0.1, 0.15) is 54.9 Å². The van der Waals surface area contributed by atoms with Crippen molar-refractivity contribution >= 4 is 10.9 Å². The number of piperazine rings is 1. The second-order valence-corrected chi connectivity index (χ2v) is 11.5. The van der Waals surface area contributed by atoms with Crippen molar-refractivity contribution < 1.29 is 9.47 Å². The first-order chi connectivity index (χ1) is 18.7. The third-order valence-electron chi connectivity index (χ3n) is 7.86. The Bertz CT molecular complexity index is 1580. The zero-order valence-electron chi connectivity index (χ0n) is 23.2. The topological polar surface area (TPSA) is 101 Å². The van der Waals surface area contributed by atoms with E-state index in [2.05, 4.69) is 82.3 Å². The molecule has 2 aromatic carbocycles. The van der Waals surface area contributed by atoms with E-state index < -0.39 is 0 Å². The quantitative estimate of drug-likeness (QED) is 0.419. The van der Waals surface area contributed by atoms with Crippen molar-refractivity contribution in [3.05, 3.63) is 74.8 Å². The number of tetrazole rings is 1. The van der Waals surface area contributed by atoms with E-state index in [1.165, 1.54) is 5.56 Å². The third-order valence-corrected chi connectivity index (χ3v) is 7.86. The predicted molar refractivity (Wildman–Crippen MR) is 148 cm³/mol. The molecule has 0 bridgehead atoms. The number of rotatable bonds is 5. The highest BCUT2D eigenvalue weighted by Gasteiger charge is 2.35. The van der Waals surface area contributed by atoms with Crippen molar-refractivity contribution in [1.29, 1.82) is 0 Å². The minimum absolute atomic E-state index is 0.104. The summed E-state index contributed by atoms with van der Waals surface area (Å²) in [7, 11) is 0. The third kappa shape index (κ3) is 4.79. The van der Waals surface area contributed by atoms with Crippen LogP contribution in [0.4, 0.5) is 0 Å². The van der Waals surface area contributed by atoms with Gasteiger partial charge in [-0.2, -0.15) is 0 Å². The molecule has 0 radical (unpaired) electrons. The molecule has 39 heavy (non-hydrogen) atoms. The summed E-state index contributed by atoms with van der Waals surface area (Å²) in [6.07, 6.45) is 0. The highest BCUT2D eigenvalue weighted by atomic mass is 16.7. The molecule has 2 aliphatic heterocycles. The van der Waals surface area contributed by atoms with Crippen molar-refractivity contribution in [2.45, 2.75) is 52.7 Å². The number of nitrogens with one attached hydrogen (secondary N) is 1. The Kier molecular flexibility index (Phi) is 6.39. The summed E-state index contributed by atoms with van der Waals surface area (Å²) in [4.78, 5) is 21.6. The van der Waals surface area contributed by atoms with E-state index in [1.807, 2.05) is 23.7 Å². The second kappa shape index (κ2) is 9.77. The maximum Gasteiger partial charge on any atom is 0.253 e. The van der Waals surface area contributed by atoms with Crippen LogP contribution >= 0.6 is 0 Å². The largest absolute Gasteiger partial charge is 0.454 e. The lowest BCUT2D eigenvalue weighted by Gasteiger charge is -2.39. The standard InChI is InChI=1S/C29H35N7O3/c1-18-6-8-21-15-22(28(37)30-25(21)19(18)2)26(27-31-32-33-36(27)29(3,4)5)35-12-10-34(11-13-35)16-20-7-9-23-24(14-20)39-17-38-23/h6-9,14-15,26H,10-13,16-17H2,1-5H3,(H,30,37). The number of hydrogen-bond acceptors (Lipinski definition) is 8. The fraction of sp³-hybridized carbons (Fsp3) is 0.448. The highest BCUT2D eigenvalue weighted by Crippen LogP contribution is 2.34. The Hall–Kier alpha value is -3.76. The molecule has 1 N–H and O–H groups in total. The molecule has 0 saturated carbocycles. The molecule has 2 aliphatic rings. The second-order valence-electron chi connectivity index (χ2n) is 11.5. The first-order valence-electron chi connectivity index (χ1n) is 13.5. The number of fused-ring (bicyclic) bond motifs is 2. The van der Waals surface area contributed by atoms with E-state index in [0.717, 1.165) is 66.3 Å². The number of hydrogen-bond donors (Lipinski definition) is 1. The number of ether oxygens (including phenoxy) is 2. The van der Waals surface area contributed by atoms with Crippen molar-refractivity contribution in [3.8, 4) is 11.5 Å². The molecule has 1 fully saturated rings. The van der Waals surface area contributed by atoms with Crippen LogP contribution in [0.25, 0.3) is 10.9 Å². The fourth-order valence-electron chi connectivity index (χ4n) is 5.56. The Balaban J connectivity index is 1.32. The normalized spacial score (nSPS) is 17.2. The first kappa shape index (κ1) is 25.5. The molecular weight excluding hydrogens is 494 g/mol. The summed E-state index contributed by atoms with van der Waals surface area (Å²) in [6.45, 7) is 14.7. The molecule has 1 unspecified atom stereocenters. The van der Waals surface area contributed by atoms with Crippen LogP contribution in [-0.2, 0) is 12.1 Å². The molecule has 0 amide bonds. The van der Waals surface area contributed by atoms with Gasteiger partial charge in [0.15, 0.2) is 17.3 Å². The Morgan fingerprint density at radius 3 is 2.54 bits per heavy atom. The van der Waals surface area contributed by atoms with Crippen LogP contribution in [0.5, 0.6) is 11.5 Å². The number of pyridine rings is 1. The minimum atomic E-state index is -0.373. The maximum absolute atomic E-state index is 13.6. The molecule has 0 aliphatic carbocycles. The molecular formula is C29H35N7O3. The fourth-order valence-corrected chi connectivity index (χ4v) is 5.56. The van der Waals surface area contributed by atoms with Gasteiger partial charge in [-0.1, -0.05) is 18.2 Å². The van der Waals surface area contributed by atoms with Crippen LogP contribution in [0.2, 0.25) is 0 Å². The van der Waals surface area contributed by atoms with Crippen molar-refractivity contribution in [3.63, 3.8) is 0 Å². The summed E-state index contributed by atoms with van der Waals surface area (Å²) in [5.41, 5.74) is 4.53. The summed E-state index contributed by atoms with van der Waals surface area (Å²) in [5, 5.41) is 13.9. The minimum Gasteiger partial charge on any atom is -0.454 e. The molecule has 4 aromatic rings. The summed E-state index contributed by atoms with van der Waals surface area (Å²) in [6, 6.07) is 12.0. The Labute approximate surface area is 227 Å². The van der Waals surface area contributed by atoms with Gasteiger partial charge >= 0.3 is 0 Å². The van der Waals surface area contributed by atoms with Crippen LogP contribution in [0, 0.1) is 13.8 Å². The van der Waals surface area contributed by atoms with E-state index in [0.29, 0.717) is 11.4 Å². The van der Waals surface area contributed by atoms with Gasteiger partial charge in [-0.25, -0.2) is 4.68 Å². The number of aromatic amines is 1. The van der Waals surface area contributed by atoms with Crippen molar-refractivity contribution in [1.82, 2.24) is 35.0 Å². The number of H-pyrrole nitrogens is 1. The lowest BCUT2D eigenvalue weighted by molar-refractivity contribution is 0.0975. The molecule has 10 heteroatoms. The van der Waals surface area contributed by atoms with Gasteiger partial charge in [-0.15, -0.1) is 5.10 Å². The molecule has 4 heterocycles. The average Bonchev–Trinajstić information content (AvgIpc) is 3.58. The van der Waals surface area contributed by atoms with Crippen LogP contribution < -0.4 is 15.0 Å². The Morgan fingerprint density at radius 2 is 1.77 bits per heavy atom. The van der Waals surface area contributed by atoms with Gasteiger partial charge in [-0.05, 0) is 85.3 Å². The van der Waals surface area contributed by atoms with Gasteiger partial charge in [0.25, 0.3) is 5.56 Å². The van der Waals surface area contributed by atoms with Crippen LogP contribution in [0.3, 0.4) is 0 Å². The predicted octanol–water partition coefficient (Wildman–Crippen LogP) is 3.52. The SMILES string of the molecule is Cc1ccc2cc(C(c3nnnn3C(C)(C)C)N3CCN(Cc4ccc5c(c4)OCO5)CC3)c(=O)[nH]c2c1C. The van der Waals surface area contributed by atoms with Crippen molar-refractivity contribution in [2.75, 3.05) is 33.0 Å². The highest BCUT2D eigenvalue weighted by molar-refractivity contribution is 5.83. The number of aromatic nitrogens is 5.